The van der Waals surface area contributed by atoms with Crippen molar-refractivity contribution in [3.05, 3.63) is 52.7 Å². The van der Waals surface area contributed by atoms with Crippen LogP contribution in [0, 0.1) is 13.8 Å². The van der Waals surface area contributed by atoms with Crippen LogP contribution in [0.3, 0.4) is 0 Å². The first-order valence-corrected chi connectivity index (χ1v) is 10.4. The normalized spacial score (nSPS) is 16.3. The summed E-state index contributed by atoms with van der Waals surface area (Å²) in [5.41, 5.74) is 2.34. The summed E-state index contributed by atoms with van der Waals surface area (Å²) in [4.78, 5) is 27.8. The Morgan fingerprint density at radius 2 is 1.93 bits per heavy atom. The molecule has 156 valence electrons. The lowest BCUT2D eigenvalue weighted by atomic mass is 10.0. The largest absolute Gasteiger partial charge is 0.485 e. The number of thioether (sulfide) groups is 1. The van der Waals surface area contributed by atoms with E-state index in [1.807, 2.05) is 24.3 Å². The summed E-state index contributed by atoms with van der Waals surface area (Å²) in [6, 6.07) is 7.36. The molecule has 0 fully saturated rings. The molecule has 1 aliphatic rings. The van der Waals surface area contributed by atoms with E-state index in [0.29, 0.717) is 34.0 Å². The molecule has 30 heavy (non-hydrogen) atoms. The molecule has 0 radical (unpaired) electrons. The second-order valence-electron chi connectivity index (χ2n) is 7.08. The van der Waals surface area contributed by atoms with Crippen LogP contribution in [0.4, 0.5) is 0 Å². The highest BCUT2D eigenvalue weighted by atomic mass is 32.2. The fourth-order valence-corrected chi connectivity index (χ4v) is 4.22. The van der Waals surface area contributed by atoms with Crippen molar-refractivity contribution in [1.82, 2.24) is 15.2 Å². The van der Waals surface area contributed by atoms with Crippen LogP contribution in [-0.4, -0.2) is 38.6 Å². The highest BCUT2D eigenvalue weighted by molar-refractivity contribution is 8.00. The predicted molar refractivity (Wildman–Crippen MR) is 110 cm³/mol. The van der Waals surface area contributed by atoms with Crippen molar-refractivity contribution in [3.8, 4) is 11.5 Å². The highest BCUT2D eigenvalue weighted by Crippen LogP contribution is 2.36. The molecule has 9 heteroatoms. The number of Topliss-reactive ketones (excluding diaryl/α,β-unsaturated/α-hetero) is 2. The standard InChI is InChI=1S/C21H21N3O5S/c1-10-17(12(3)25)11(2)22-18(10)19(26)13(4)30-21-24-23-20(29-21)16-9-27-14-7-5-6-8-15(14)28-16/h5-8,13,16,22H,9H2,1-4H3/t13-,16-/m1/s1. The average molecular weight is 427 g/mol. The summed E-state index contributed by atoms with van der Waals surface area (Å²) in [5.74, 6) is 1.36. The molecule has 0 unspecified atom stereocenters. The Labute approximate surface area is 177 Å². The van der Waals surface area contributed by atoms with Gasteiger partial charge in [0.25, 0.3) is 11.1 Å². The van der Waals surface area contributed by atoms with Gasteiger partial charge in [-0.2, -0.15) is 0 Å². The molecule has 3 heterocycles. The molecule has 1 aliphatic heterocycles. The number of aryl methyl sites for hydroxylation is 1. The number of nitrogens with zero attached hydrogens (tertiary/aromatic N) is 2. The zero-order chi connectivity index (χ0) is 21.4. The van der Waals surface area contributed by atoms with Gasteiger partial charge in [0.05, 0.1) is 10.9 Å². The summed E-state index contributed by atoms with van der Waals surface area (Å²) in [5, 5.41) is 7.86. The smallest absolute Gasteiger partial charge is 0.277 e. The lowest BCUT2D eigenvalue weighted by molar-refractivity contribution is 0.0686. The summed E-state index contributed by atoms with van der Waals surface area (Å²) >= 11 is 1.16. The van der Waals surface area contributed by atoms with Gasteiger partial charge in [-0.3, -0.25) is 9.59 Å². The number of nitrogens with one attached hydrogen (secondary N) is 1. The van der Waals surface area contributed by atoms with Crippen molar-refractivity contribution in [2.45, 2.75) is 44.3 Å². The first-order chi connectivity index (χ1) is 14.3. The van der Waals surface area contributed by atoms with E-state index in [1.54, 1.807) is 20.8 Å². The van der Waals surface area contributed by atoms with Crippen LogP contribution < -0.4 is 9.47 Å². The lowest BCUT2D eigenvalue weighted by Crippen LogP contribution is -2.21. The Morgan fingerprint density at radius 3 is 2.63 bits per heavy atom. The quantitative estimate of drug-likeness (QED) is 0.463. The number of hydrogen-bond acceptors (Lipinski definition) is 8. The van der Waals surface area contributed by atoms with Gasteiger partial charge in [0.1, 0.15) is 6.61 Å². The Morgan fingerprint density at radius 1 is 1.20 bits per heavy atom. The first kappa shape index (κ1) is 20.2. The molecular formula is C21H21N3O5S. The maximum Gasteiger partial charge on any atom is 0.277 e. The van der Waals surface area contributed by atoms with E-state index in [2.05, 4.69) is 15.2 Å². The molecule has 0 amide bonds. The van der Waals surface area contributed by atoms with Crippen LogP contribution in [-0.2, 0) is 0 Å². The Hall–Kier alpha value is -3.07. The van der Waals surface area contributed by atoms with Crippen LogP contribution in [0.15, 0.2) is 33.9 Å². The number of aromatic amines is 1. The van der Waals surface area contributed by atoms with Crippen LogP contribution in [0.5, 0.6) is 11.5 Å². The number of ether oxygens (including phenoxy) is 2. The zero-order valence-corrected chi connectivity index (χ0v) is 17.8. The number of hydrogen-bond donors (Lipinski definition) is 1. The van der Waals surface area contributed by atoms with E-state index in [0.717, 1.165) is 11.8 Å². The number of benzene rings is 1. The van der Waals surface area contributed by atoms with Gasteiger partial charge >= 0.3 is 0 Å². The summed E-state index contributed by atoms with van der Waals surface area (Å²) in [6.45, 7) is 7.06. The van der Waals surface area contributed by atoms with Gasteiger partial charge in [0.15, 0.2) is 23.1 Å². The fraction of sp³-hybridized carbons (Fsp3) is 0.333. The molecular weight excluding hydrogens is 406 g/mol. The van der Waals surface area contributed by atoms with Gasteiger partial charge < -0.3 is 18.9 Å². The minimum absolute atomic E-state index is 0.0709. The number of H-pyrrole nitrogens is 1. The molecule has 1 N–H and O–H groups in total. The second-order valence-corrected chi connectivity index (χ2v) is 8.37. The third-order valence-corrected chi connectivity index (χ3v) is 5.82. The summed E-state index contributed by atoms with van der Waals surface area (Å²) < 4.78 is 17.3. The molecule has 1 aromatic carbocycles. The predicted octanol–water partition coefficient (Wildman–Crippen LogP) is 4.09. The maximum absolute atomic E-state index is 12.9. The number of para-hydroxylation sites is 2. The summed E-state index contributed by atoms with van der Waals surface area (Å²) in [6.07, 6.45) is -0.515. The number of fused-ring (bicyclic) bond motifs is 1. The van der Waals surface area contributed by atoms with Gasteiger partial charge in [0, 0.05) is 11.3 Å². The Kier molecular flexibility index (Phi) is 5.38. The monoisotopic (exact) mass is 427 g/mol. The topological polar surface area (TPSA) is 107 Å². The molecule has 4 rings (SSSR count). The van der Waals surface area contributed by atoms with Gasteiger partial charge in [0.2, 0.25) is 6.10 Å². The molecule has 2 aromatic heterocycles. The van der Waals surface area contributed by atoms with Gasteiger partial charge in [-0.25, -0.2) is 0 Å². The van der Waals surface area contributed by atoms with Crippen molar-refractivity contribution < 1.29 is 23.5 Å². The Bertz CT molecular complexity index is 1120. The molecule has 0 bridgehead atoms. The van der Waals surface area contributed by atoms with Crippen LogP contribution >= 0.6 is 11.8 Å². The molecule has 0 spiro atoms. The van der Waals surface area contributed by atoms with Gasteiger partial charge in [-0.05, 0) is 45.4 Å². The highest BCUT2D eigenvalue weighted by Gasteiger charge is 2.29. The van der Waals surface area contributed by atoms with Crippen molar-refractivity contribution >= 4 is 23.3 Å². The van der Waals surface area contributed by atoms with Crippen LogP contribution in [0.1, 0.15) is 57.9 Å². The van der Waals surface area contributed by atoms with Crippen LogP contribution in [0.2, 0.25) is 0 Å². The fourth-order valence-electron chi connectivity index (χ4n) is 3.47. The van der Waals surface area contributed by atoms with E-state index < -0.39 is 11.4 Å². The first-order valence-electron chi connectivity index (χ1n) is 9.48. The van der Waals surface area contributed by atoms with E-state index in [4.69, 9.17) is 13.9 Å². The molecule has 0 aliphatic carbocycles. The van der Waals surface area contributed by atoms with E-state index in [-0.39, 0.29) is 29.3 Å². The maximum atomic E-state index is 12.9. The molecule has 8 nitrogen and oxygen atoms in total. The molecule has 3 aromatic rings. The average Bonchev–Trinajstić information content (AvgIpc) is 3.30. The van der Waals surface area contributed by atoms with E-state index >= 15 is 0 Å². The molecule has 0 saturated carbocycles. The third-order valence-electron chi connectivity index (χ3n) is 4.89. The van der Waals surface area contributed by atoms with Crippen molar-refractivity contribution in [3.63, 3.8) is 0 Å². The second kappa shape index (κ2) is 7.98. The van der Waals surface area contributed by atoms with Crippen molar-refractivity contribution in [2.75, 3.05) is 6.61 Å². The number of aromatic nitrogens is 3. The SMILES string of the molecule is CC(=O)c1c(C)[nH]c(C(=O)[C@@H](C)Sc2nnc([C@H]3COc4ccccc4O3)o2)c1C. The number of rotatable bonds is 6. The minimum atomic E-state index is -0.515. The van der Waals surface area contributed by atoms with Crippen molar-refractivity contribution in [1.29, 1.82) is 0 Å². The van der Waals surface area contributed by atoms with Crippen molar-refractivity contribution in [2.24, 2.45) is 0 Å². The molecule has 2 atom stereocenters. The number of ketones is 2. The Balaban J connectivity index is 1.46. The minimum Gasteiger partial charge on any atom is -0.485 e. The van der Waals surface area contributed by atoms with Crippen LogP contribution in [0.25, 0.3) is 0 Å². The summed E-state index contributed by atoms with van der Waals surface area (Å²) in [7, 11) is 0. The van der Waals surface area contributed by atoms with Gasteiger partial charge in [-0.1, -0.05) is 23.9 Å². The lowest BCUT2D eigenvalue weighted by Gasteiger charge is -2.23. The zero-order valence-electron chi connectivity index (χ0n) is 17.0. The third kappa shape index (κ3) is 3.72. The molecule has 0 saturated heterocycles. The van der Waals surface area contributed by atoms with Gasteiger partial charge in [-0.15, -0.1) is 10.2 Å². The number of carbonyl (C=O) groups excluding carboxylic acids is 2. The van der Waals surface area contributed by atoms with E-state index in [1.165, 1.54) is 6.92 Å². The number of carbonyl (C=O) groups is 2. The van der Waals surface area contributed by atoms with E-state index in [9.17, 15) is 9.59 Å².